The molecule has 42 heavy (non-hydrogen) atoms. The second kappa shape index (κ2) is 11.9. The predicted octanol–water partition coefficient (Wildman–Crippen LogP) is 10.9. The first-order valence-electron chi connectivity index (χ1n) is 15.1. The zero-order valence-corrected chi connectivity index (χ0v) is 23.9. The van der Waals surface area contributed by atoms with E-state index >= 15 is 0 Å². The summed E-state index contributed by atoms with van der Waals surface area (Å²) < 4.78 is 0. The second-order valence-corrected chi connectivity index (χ2v) is 11.2. The molecule has 0 saturated carbocycles. The predicted molar refractivity (Wildman–Crippen MR) is 180 cm³/mol. The van der Waals surface area contributed by atoms with E-state index in [0.717, 1.165) is 25.7 Å². The molecule has 0 bridgehead atoms. The van der Waals surface area contributed by atoms with Crippen molar-refractivity contribution in [2.24, 2.45) is 0 Å². The Morgan fingerprint density at radius 3 is 2.26 bits per heavy atom. The molecule has 2 aliphatic carbocycles. The van der Waals surface area contributed by atoms with Crippen LogP contribution in [0.3, 0.4) is 0 Å². The van der Waals surface area contributed by atoms with E-state index < -0.39 is 0 Å². The molecule has 0 N–H and O–H groups in total. The van der Waals surface area contributed by atoms with Crippen LogP contribution in [0.5, 0.6) is 0 Å². The Hall–Kier alpha value is -4.88. The van der Waals surface area contributed by atoms with Crippen molar-refractivity contribution in [1.82, 2.24) is 0 Å². The second-order valence-electron chi connectivity index (χ2n) is 11.2. The molecule has 0 fully saturated rings. The van der Waals surface area contributed by atoms with Gasteiger partial charge in [-0.05, 0) is 101 Å². The summed E-state index contributed by atoms with van der Waals surface area (Å²) in [7, 11) is 0. The number of benzene rings is 5. The number of nitrogens with zero attached hydrogens (tertiary/aromatic N) is 1. The number of rotatable bonds is 6. The smallest absolute Gasteiger partial charge is 0.0539 e. The highest BCUT2D eigenvalue weighted by molar-refractivity contribution is 5.95. The van der Waals surface area contributed by atoms with Gasteiger partial charge >= 0.3 is 0 Å². The highest BCUT2D eigenvalue weighted by Gasteiger charge is 2.25. The summed E-state index contributed by atoms with van der Waals surface area (Å²) >= 11 is 0. The minimum atomic E-state index is 0.933. The van der Waals surface area contributed by atoms with Gasteiger partial charge in [0.25, 0.3) is 0 Å². The Balaban J connectivity index is 1.35. The van der Waals surface area contributed by atoms with E-state index in [9.17, 15) is 0 Å². The first kappa shape index (κ1) is 26.0. The molecule has 0 atom stereocenters. The molecule has 7 rings (SSSR count). The lowest BCUT2D eigenvalue weighted by atomic mass is 9.94. The molecular weight excluding hydrogens is 506 g/mol. The number of para-hydroxylation sites is 1. The van der Waals surface area contributed by atoms with E-state index in [1.807, 2.05) is 0 Å². The number of fused-ring (bicyclic) bond motifs is 3. The number of allylic oxidation sites excluding steroid dienone is 4. The van der Waals surface area contributed by atoms with Crippen LogP contribution in [-0.4, -0.2) is 0 Å². The van der Waals surface area contributed by atoms with Crippen LogP contribution < -0.4 is 4.90 Å². The van der Waals surface area contributed by atoms with Gasteiger partial charge in [-0.2, -0.15) is 0 Å². The van der Waals surface area contributed by atoms with Crippen LogP contribution in [0, 0.1) is 0 Å². The normalized spacial score (nSPS) is 14.7. The summed E-state index contributed by atoms with van der Waals surface area (Å²) in [6, 6.07) is 43.9. The number of anilines is 2. The van der Waals surface area contributed by atoms with Crippen molar-refractivity contribution in [2.75, 3.05) is 4.90 Å². The quantitative estimate of drug-likeness (QED) is 0.207. The van der Waals surface area contributed by atoms with Gasteiger partial charge in [0.2, 0.25) is 0 Å². The average molecular weight is 542 g/mol. The molecule has 0 spiro atoms. The van der Waals surface area contributed by atoms with E-state index in [-0.39, 0.29) is 0 Å². The topological polar surface area (TPSA) is 3.24 Å². The van der Waals surface area contributed by atoms with Crippen molar-refractivity contribution in [3.8, 4) is 0 Å². The molecule has 0 radical (unpaired) electrons. The molecule has 204 valence electrons. The molecule has 1 heteroatoms. The fraction of sp³-hybridized carbons (Fsp3) is 0.122. The van der Waals surface area contributed by atoms with Crippen molar-refractivity contribution in [1.29, 1.82) is 0 Å². The van der Waals surface area contributed by atoms with Crippen LogP contribution in [0.25, 0.3) is 22.9 Å². The SMILES string of the molecule is C1=CC2=C(CCC1)Cc1ccc3ccccc3c1C=C2N(c1ccccc1)c1ccc(/C=C/Cc2ccccc2)cc1. The molecule has 5 aromatic carbocycles. The van der Waals surface area contributed by atoms with Crippen LogP contribution in [0.15, 0.2) is 156 Å². The van der Waals surface area contributed by atoms with E-state index in [2.05, 4.69) is 157 Å². The zero-order chi connectivity index (χ0) is 28.1. The van der Waals surface area contributed by atoms with Crippen molar-refractivity contribution in [2.45, 2.75) is 32.1 Å². The van der Waals surface area contributed by atoms with E-state index in [1.165, 1.54) is 67.7 Å². The van der Waals surface area contributed by atoms with Crippen molar-refractivity contribution in [3.63, 3.8) is 0 Å². The first-order chi connectivity index (χ1) is 20.8. The molecule has 5 aromatic rings. The molecule has 0 unspecified atom stereocenters. The highest BCUT2D eigenvalue weighted by Crippen LogP contribution is 2.41. The molecule has 0 aliphatic heterocycles. The largest absolute Gasteiger partial charge is 0.310 e. The van der Waals surface area contributed by atoms with Crippen molar-refractivity contribution in [3.05, 3.63) is 179 Å². The van der Waals surface area contributed by atoms with Gasteiger partial charge in [0.15, 0.2) is 0 Å². The Bertz CT molecular complexity index is 1820. The van der Waals surface area contributed by atoms with Crippen LogP contribution in [0.2, 0.25) is 0 Å². The van der Waals surface area contributed by atoms with Gasteiger partial charge in [-0.25, -0.2) is 0 Å². The summed E-state index contributed by atoms with van der Waals surface area (Å²) in [5.41, 5.74) is 11.8. The van der Waals surface area contributed by atoms with Crippen LogP contribution >= 0.6 is 0 Å². The molecule has 0 aromatic heterocycles. The monoisotopic (exact) mass is 541 g/mol. The Labute approximate surface area is 249 Å². The first-order valence-corrected chi connectivity index (χ1v) is 15.1. The number of hydrogen-bond acceptors (Lipinski definition) is 1. The van der Waals surface area contributed by atoms with Gasteiger partial charge in [-0.15, -0.1) is 0 Å². The maximum Gasteiger partial charge on any atom is 0.0539 e. The molecule has 2 aliphatic rings. The fourth-order valence-electron chi connectivity index (χ4n) is 6.32. The van der Waals surface area contributed by atoms with Crippen LogP contribution in [0.4, 0.5) is 11.4 Å². The standard InChI is InChI=1S/C41H35N/c1-4-13-31(14-5-1)15-12-16-32-23-27-37(28-24-32)42(36-19-7-3-8-20-36)41-30-40-35(26-25-33-17-10-11-21-38(33)40)29-34-18-6-2-9-22-39(34)41/h1,3-5,7-14,16-17,19-28,30H,2,6,15,18,29H2/b16-12+. The minimum absolute atomic E-state index is 0.933. The lowest BCUT2D eigenvalue weighted by Gasteiger charge is -2.29. The minimum Gasteiger partial charge on any atom is -0.310 e. The summed E-state index contributed by atoms with van der Waals surface area (Å²) in [4.78, 5) is 2.46. The Morgan fingerprint density at radius 2 is 1.43 bits per heavy atom. The van der Waals surface area contributed by atoms with Crippen molar-refractivity contribution < 1.29 is 0 Å². The third-order valence-corrected chi connectivity index (χ3v) is 8.45. The van der Waals surface area contributed by atoms with Gasteiger partial charge in [0, 0.05) is 11.4 Å². The maximum atomic E-state index is 2.46. The Kier molecular flexibility index (Phi) is 7.40. The van der Waals surface area contributed by atoms with E-state index in [4.69, 9.17) is 0 Å². The molecule has 0 amide bonds. The Morgan fingerprint density at radius 1 is 0.690 bits per heavy atom. The van der Waals surface area contributed by atoms with Crippen LogP contribution in [0.1, 0.15) is 41.5 Å². The third kappa shape index (κ3) is 5.39. The summed E-state index contributed by atoms with van der Waals surface area (Å²) in [6.45, 7) is 0. The third-order valence-electron chi connectivity index (χ3n) is 8.45. The summed E-state index contributed by atoms with van der Waals surface area (Å²) in [5.74, 6) is 0. The lowest BCUT2D eigenvalue weighted by molar-refractivity contribution is 0.816. The van der Waals surface area contributed by atoms with Gasteiger partial charge in [0.1, 0.15) is 0 Å². The van der Waals surface area contributed by atoms with Gasteiger partial charge in [-0.1, -0.05) is 127 Å². The van der Waals surface area contributed by atoms with Crippen molar-refractivity contribution >= 4 is 34.3 Å². The zero-order valence-electron chi connectivity index (χ0n) is 23.9. The molecular formula is C41H35N. The van der Waals surface area contributed by atoms with E-state index in [0.29, 0.717) is 0 Å². The fourth-order valence-corrected chi connectivity index (χ4v) is 6.32. The summed E-state index contributed by atoms with van der Waals surface area (Å²) in [6.07, 6.45) is 17.1. The van der Waals surface area contributed by atoms with Crippen LogP contribution in [-0.2, 0) is 12.8 Å². The van der Waals surface area contributed by atoms with Gasteiger partial charge in [0.05, 0.1) is 5.70 Å². The molecule has 0 heterocycles. The van der Waals surface area contributed by atoms with E-state index in [1.54, 1.807) is 0 Å². The molecule has 1 nitrogen and oxygen atoms in total. The lowest BCUT2D eigenvalue weighted by Crippen LogP contribution is -2.18. The number of hydrogen-bond donors (Lipinski definition) is 0. The maximum absolute atomic E-state index is 2.46. The van der Waals surface area contributed by atoms with Gasteiger partial charge < -0.3 is 4.90 Å². The summed E-state index contributed by atoms with van der Waals surface area (Å²) in [5, 5.41) is 2.61. The van der Waals surface area contributed by atoms with Gasteiger partial charge in [-0.3, -0.25) is 0 Å². The average Bonchev–Trinajstić information content (AvgIpc) is 3.36. The highest BCUT2D eigenvalue weighted by atomic mass is 15.1. The molecule has 0 saturated heterocycles.